The first-order valence-electron chi connectivity index (χ1n) is 4.66. The number of terminal acetylenes is 1. The van der Waals surface area contributed by atoms with Crippen molar-refractivity contribution in [2.75, 3.05) is 5.32 Å². The number of aromatic nitrogens is 2. The van der Waals surface area contributed by atoms with Gasteiger partial charge in [0.1, 0.15) is 5.82 Å². The fraction of sp³-hybridized carbons (Fsp3) is 0.455. The number of nitrogens with zero attached hydrogens (tertiary/aromatic N) is 2. The van der Waals surface area contributed by atoms with E-state index in [0.717, 1.165) is 11.5 Å². The van der Waals surface area contributed by atoms with E-state index in [-0.39, 0.29) is 6.04 Å². The van der Waals surface area contributed by atoms with Gasteiger partial charge in [-0.2, -0.15) is 5.10 Å². The van der Waals surface area contributed by atoms with Gasteiger partial charge in [0.25, 0.3) is 0 Å². The number of hydrogen-bond acceptors (Lipinski definition) is 3. The van der Waals surface area contributed by atoms with Crippen LogP contribution in [0, 0.1) is 25.2 Å². The Balaban J connectivity index is 2.69. The van der Waals surface area contributed by atoms with Crippen molar-refractivity contribution >= 4 is 5.82 Å². The van der Waals surface area contributed by atoms with E-state index in [1.165, 1.54) is 0 Å². The normalized spacial score (nSPS) is 12.2. The average Bonchev–Trinajstić information content (AvgIpc) is 2.16. The molecule has 1 aromatic rings. The highest BCUT2D eigenvalue weighted by Gasteiger charge is 2.09. The van der Waals surface area contributed by atoms with Gasteiger partial charge in [0.05, 0.1) is 11.7 Å². The molecular weight excluding hydrogens is 174 g/mol. The Morgan fingerprint density at radius 3 is 2.50 bits per heavy atom. The summed E-state index contributed by atoms with van der Waals surface area (Å²) < 4.78 is 0. The van der Waals surface area contributed by atoms with E-state index >= 15 is 0 Å². The second-order valence-corrected chi connectivity index (χ2v) is 3.59. The summed E-state index contributed by atoms with van der Waals surface area (Å²) in [4.78, 5) is 0. The average molecular weight is 189 g/mol. The molecule has 0 saturated carbocycles. The van der Waals surface area contributed by atoms with Crippen LogP contribution in [-0.4, -0.2) is 16.2 Å². The fourth-order valence-corrected chi connectivity index (χ4v) is 1.04. The first kappa shape index (κ1) is 10.5. The first-order chi connectivity index (χ1) is 6.63. The van der Waals surface area contributed by atoms with Gasteiger partial charge >= 0.3 is 0 Å². The van der Waals surface area contributed by atoms with Crippen molar-refractivity contribution in [1.82, 2.24) is 10.2 Å². The molecule has 0 aliphatic carbocycles. The van der Waals surface area contributed by atoms with Crippen LogP contribution in [0.4, 0.5) is 5.82 Å². The molecule has 0 bridgehead atoms. The zero-order valence-corrected chi connectivity index (χ0v) is 8.78. The van der Waals surface area contributed by atoms with Crippen LogP contribution in [0.3, 0.4) is 0 Å². The molecule has 1 aromatic heterocycles. The van der Waals surface area contributed by atoms with Crippen molar-refractivity contribution in [3.8, 4) is 12.3 Å². The minimum Gasteiger partial charge on any atom is -0.355 e. The smallest absolute Gasteiger partial charge is 0.149 e. The van der Waals surface area contributed by atoms with Crippen molar-refractivity contribution in [3.63, 3.8) is 0 Å². The molecule has 1 heterocycles. The maximum Gasteiger partial charge on any atom is 0.149 e. The molecule has 0 radical (unpaired) electrons. The van der Waals surface area contributed by atoms with Gasteiger partial charge in [-0.1, -0.05) is 19.8 Å². The molecular formula is C11H15N3. The third kappa shape index (κ3) is 2.74. The lowest BCUT2D eigenvalue weighted by Crippen LogP contribution is -2.24. The monoisotopic (exact) mass is 189 g/mol. The lowest BCUT2D eigenvalue weighted by atomic mass is 10.1. The molecule has 0 aromatic carbocycles. The summed E-state index contributed by atoms with van der Waals surface area (Å²) in [5.41, 5.74) is 0.900. The molecule has 3 heteroatoms. The maximum atomic E-state index is 5.39. The number of aryl methyl sites for hydroxylation is 1. The first-order valence-corrected chi connectivity index (χ1v) is 4.66. The molecule has 3 nitrogen and oxygen atoms in total. The van der Waals surface area contributed by atoms with Crippen LogP contribution in [0.25, 0.3) is 0 Å². The van der Waals surface area contributed by atoms with Gasteiger partial charge in [-0.3, -0.25) is 0 Å². The van der Waals surface area contributed by atoms with E-state index in [4.69, 9.17) is 6.42 Å². The fourth-order valence-electron chi connectivity index (χ4n) is 1.04. The molecule has 0 fully saturated rings. The number of rotatable bonds is 3. The molecule has 0 aliphatic rings. The molecule has 0 aliphatic heterocycles. The Labute approximate surface area is 84.9 Å². The van der Waals surface area contributed by atoms with Gasteiger partial charge in [0.15, 0.2) is 0 Å². The maximum absolute atomic E-state index is 5.39. The van der Waals surface area contributed by atoms with Crippen molar-refractivity contribution in [3.05, 3.63) is 17.8 Å². The van der Waals surface area contributed by atoms with Gasteiger partial charge in [-0.05, 0) is 25.0 Å². The standard InChI is InChI=1S/C11H15N3/c1-5-10(8(2)3)12-11-7-6-9(4)13-14-11/h1,6-8,10H,2-4H3,(H,12,14). The Morgan fingerprint density at radius 1 is 1.36 bits per heavy atom. The second-order valence-electron chi connectivity index (χ2n) is 3.59. The van der Waals surface area contributed by atoms with Crippen LogP contribution < -0.4 is 5.32 Å². The Kier molecular flexibility index (Phi) is 3.47. The van der Waals surface area contributed by atoms with E-state index < -0.39 is 0 Å². The summed E-state index contributed by atoms with van der Waals surface area (Å²) >= 11 is 0. The van der Waals surface area contributed by atoms with Gasteiger partial charge < -0.3 is 5.32 Å². The van der Waals surface area contributed by atoms with Gasteiger partial charge in [0.2, 0.25) is 0 Å². The highest BCUT2D eigenvalue weighted by atomic mass is 15.2. The second kappa shape index (κ2) is 4.61. The lowest BCUT2D eigenvalue weighted by Gasteiger charge is -2.16. The highest BCUT2D eigenvalue weighted by molar-refractivity contribution is 5.36. The molecule has 1 rings (SSSR count). The van der Waals surface area contributed by atoms with Crippen LogP contribution >= 0.6 is 0 Å². The van der Waals surface area contributed by atoms with E-state index in [1.54, 1.807) is 0 Å². The van der Waals surface area contributed by atoms with E-state index in [1.807, 2.05) is 19.1 Å². The van der Waals surface area contributed by atoms with Gasteiger partial charge in [0, 0.05) is 0 Å². The Bertz CT molecular complexity index is 321. The number of anilines is 1. The van der Waals surface area contributed by atoms with Crippen molar-refractivity contribution < 1.29 is 0 Å². The predicted molar refractivity (Wildman–Crippen MR) is 57.9 cm³/mol. The Hall–Kier alpha value is -1.56. The van der Waals surface area contributed by atoms with Crippen LogP contribution in [0.2, 0.25) is 0 Å². The van der Waals surface area contributed by atoms with E-state index in [2.05, 4.69) is 35.3 Å². The number of hydrogen-bond donors (Lipinski definition) is 1. The molecule has 0 amide bonds. The molecule has 1 N–H and O–H groups in total. The quantitative estimate of drug-likeness (QED) is 0.737. The van der Waals surface area contributed by atoms with E-state index in [0.29, 0.717) is 5.92 Å². The summed E-state index contributed by atoms with van der Waals surface area (Å²) in [6.07, 6.45) is 5.39. The highest BCUT2D eigenvalue weighted by Crippen LogP contribution is 2.08. The molecule has 1 unspecified atom stereocenters. The van der Waals surface area contributed by atoms with Crippen LogP contribution in [0.1, 0.15) is 19.5 Å². The van der Waals surface area contributed by atoms with E-state index in [9.17, 15) is 0 Å². The topological polar surface area (TPSA) is 37.8 Å². The summed E-state index contributed by atoms with van der Waals surface area (Å²) in [5, 5.41) is 11.1. The van der Waals surface area contributed by atoms with Crippen molar-refractivity contribution in [2.24, 2.45) is 5.92 Å². The predicted octanol–water partition coefficient (Wildman–Crippen LogP) is 1.85. The van der Waals surface area contributed by atoms with Gasteiger partial charge in [-0.25, -0.2) is 0 Å². The lowest BCUT2D eigenvalue weighted by molar-refractivity contribution is 0.611. The minimum atomic E-state index is 0.00649. The zero-order chi connectivity index (χ0) is 10.6. The molecule has 0 saturated heterocycles. The third-order valence-electron chi connectivity index (χ3n) is 1.95. The third-order valence-corrected chi connectivity index (χ3v) is 1.95. The molecule has 14 heavy (non-hydrogen) atoms. The minimum absolute atomic E-state index is 0.00649. The summed E-state index contributed by atoms with van der Waals surface area (Å²) in [6.45, 7) is 6.04. The zero-order valence-electron chi connectivity index (χ0n) is 8.78. The van der Waals surface area contributed by atoms with Crippen LogP contribution in [0.5, 0.6) is 0 Å². The molecule has 0 spiro atoms. The van der Waals surface area contributed by atoms with Crippen LogP contribution in [0.15, 0.2) is 12.1 Å². The van der Waals surface area contributed by atoms with Crippen LogP contribution in [-0.2, 0) is 0 Å². The summed E-state index contributed by atoms with van der Waals surface area (Å²) in [5.74, 6) is 3.79. The summed E-state index contributed by atoms with van der Waals surface area (Å²) in [6, 6.07) is 3.80. The van der Waals surface area contributed by atoms with Crippen molar-refractivity contribution in [1.29, 1.82) is 0 Å². The summed E-state index contributed by atoms with van der Waals surface area (Å²) in [7, 11) is 0. The largest absolute Gasteiger partial charge is 0.355 e. The van der Waals surface area contributed by atoms with Gasteiger partial charge in [-0.15, -0.1) is 11.5 Å². The van der Waals surface area contributed by atoms with Crippen molar-refractivity contribution in [2.45, 2.75) is 26.8 Å². The SMILES string of the molecule is C#CC(Nc1ccc(C)nn1)C(C)C. The molecule has 74 valence electrons. The Morgan fingerprint density at radius 2 is 2.07 bits per heavy atom. The molecule has 1 atom stereocenters. The number of nitrogens with one attached hydrogen (secondary N) is 1.